The molecule has 0 bridgehead atoms. The molecule has 2 aromatic heterocycles. The van der Waals surface area contributed by atoms with Gasteiger partial charge in [0.15, 0.2) is 7.14 Å². The molecule has 5 heteroatoms. The molecule has 0 amide bonds. The number of hydrogen-bond acceptors (Lipinski definition) is 3. The zero-order chi connectivity index (χ0) is 30.3. The fourth-order valence-electron chi connectivity index (χ4n) is 4.25. The van der Waals surface area contributed by atoms with Crippen molar-refractivity contribution in [3.05, 3.63) is 163 Å². The molecule has 0 aliphatic heterocycles. The molecule has 4 aromatic carbocycles. The molecule has 0 saturated heterocycles. The van der Waals surface area contributed by atoms with Crippen molar-refractivity contribution < 1.29 is 28.8 Å². The second-order valence-electron chi connectivity index (χ2n) is 9.17. The third-order valence-corrected chi connectivity index (χ3v) is 9.38. The minimum absolute atomic E-state index is 0. The van der Waals surface area contributed by atoms with Crippen LogP contribution in [0.25, 0.3) is 22.5 Å². The van der Waals surface area contributed by atoms with E-state index in [1.54, 1.807) is 18.2 Å². The number of nitrogens with zero attached hydrogens (tertiary/aromatic N) is 2. The van der Waals surface area contributed by atoms with E-state index >= 15 is 0 Å². The Morgan fingerprint density at radius 2 is 1.17 bits per heavy atom. The van der Waals surface area contributed by atoms with Crippen molar-refractivity contribution in [3.63, 3.8) is 0 Å². The number of aryl methyl sites for hydroxylation is 2. The molecule has 2 heterocycles. The second-order valence-corrected chi connectivity index (χ2v) is 11.9. The first-order valence-corrected chi connectivity index (χ1v) is 14.6. The first-order chi connectivity index (χ1) is 20.7. The molecule has 0 spiro atoms. The summed E-state index contributed by atoms with van der Waals surface area (Å²) in [4.78, 5) is 8.62. The predicted molar refractivity (Wildman–Crippen MR) is 166 cm³/mol. The Labute approximate surface area is 260 Å². The quantitative estimate of drug-likeness (QED) is 0.138. The van der Waals surface area contributed by atoms with E-state index in [1.165, 1.54) is 6.20 Å². The van der Waals surface area contributed by atoms with E-state index in [2.05, 4.69) is 22.1 Å². The molecule has 1 radical (unpaired) electrons. The van der Waals surface area contributed by atoms with Gasteiger partial charge in [-0.25, -0.2) is 0 Å². The molecule has 0 unspecified atom stereocenters. The van der Waals surface area contributed by atoms with E-state index in [4.69, 9.17) is 4.11 Å². The smallest absolute Gasteiger partial charge is 0.153 e. The summed E-state index contributed by atoms with van der Waals surface area (Å²) in [6.45, 7) is -0.0815. The van der Waals surface area contributed by atoms with Crippen molar-refractivity contribution in [2.75, 3.05) is 0 Å². The Morgan fingerprint density at radius 1 is 0.610 bits per heavy atom. The number of pyridine rings is 2. The van der Waals surface area contributed by atoms with Gasteiger partial charge in [-0.05, 0) is 36.3 Å². The van der Waals surface area contributed by atoms with Crippen molar-refractivity contribution in [3.8, 4) is 22.5 Å². The van der Waals surface area contributed by atoms with Gasteiger partial charge in [-0.2, -0.15) is 0 Å². The van der Waals surface area contributed by atoms with Gasteiger partial charge >= 0.3 is 0 Å². The zero-order valence-corrected chi connectivity index (χ0v) is 25.7. The van der Waals surface area contributed by atoms with Gasteiger partial charge in [-0.1, -0.05) is 90.2 Å². The number of benzene rings is 4. The van der Waals surface area contributed by atoms with Crippen LogP contribution in [0.15, 0.2) is 140 Å². The molecule has 3 nitrogen and oxygen atoms in total. The first kappa shape index (κ1) is 26.0. The minimum atomic E-state index is -2.98. The van der Waals surface area contributed by atoms with Crippen LogP contribution in [0.5, 0.6) is 0 Å². The monoisotopic (exact) mass is 732 g/mol. The summed E-state index contributed by atoms with van der Waals surface area (Å²) >= 11 is 0. The average Bonchev–Trinajstić information content (AvgIpc) is 3.06. The van der Waals surface area contributed by atoms with Gasteiger partial charge in [0.05, 0.1) is 0 Å². The zero-order valence-electron chi connectivity index (χ0n) is 25.4. The summed E-state index contributed by atoms with van der Waals surface area (Å²) in [5.41, 5.74) is 4.63. The topological polar surface area (TPSA) is 42.9 Å². The van der Waals surface area contributed by atoms with E-state index in [0.29, 0.717) is 0 Å². The maximum absolute atomic E-state index is 14.4. The summed E-state index contributed by atoms with van der Waals surface area (Å²) in [6, 6.07) is 46.1. The Hall–Kier alpha value is -3.94. The fraction of sp³-hybridized carbons (Fsp3) is 0.0556. The van der Waals surface area contributed by atoms with E-state index in [9.17, 15) is 4.57 Å². The molecule has 6 aromatic rings. The molecule has 6 rings (SSSR count). The summed E-state index contributed by atoms with van der Waals surface area (Å²) in [5.74, 6) is 0. The maximum atomic E-state index is 14.4. The number of hydrogen-bond donors (Lipinski definition) is 0. The minimum Gasteiger partial charge on any atom is -0.310 e. The Kier molecular flexibility index (Phi) is 8.94. The average molecular weight is 732 g/mol. The van der Waals surface area contributed by atoms with Crippen molar-refractivity contribution >= 4 is 23.1 Å². The third-order valence-electron chi connectivity index (χ3n) is 6.32. The van der Waals surface area contributed by atoms with Gasteiger partial charge in [-0.3, -0.25) is 0 Å². The Balaban J connectivity index is 0.000000223. The van der Waals surface area contributed by atoms with Crippen molar-refractivity contribution in [2.24, 2.45) is 0 Å². The number of rotatable bonds is 5. The van der Waals surface area contributed by atoms with Crippen LogP contribution in [-0.2, 0) is 24.7 Å². The van der Waals surface area contributed by atoms with Crippen LogP contribution in [0.2, 0.25) is 0 Å². The van der Waals surface area contributed by atoms with Gasteiger partial charge in [-0.15, -0.1) is 65.7 Å². The normalized spacial score (nSPS) is 12.0. The maximum Gasteiger partial charge on any atom is 0.153 e. The molecular weight excluding hydrogens is 700 g/mol. The molecule has 0 aliphatic rings. The third kappa shape index (κ3) is 7.23. The van der Waals surface area contributed by atoms with Crippen LogP contribution >= 0.6 is 7.14 Å². The van der Waals surface area contributed by atoms with Crippen LogP contribution < -0.4 is 15.9 Å². The predicted octanol–water partition coefficient (Wildman–Crippen LogP) is 7.35. The SMILES string of the molecule is Cc1ccc(-c2[c-]ccc(P(=O)(c3ccccc3)c3ccccc3)c2)nc1.[2H]C([2H])([2H])c1ccc(-c2[c-]cccc2)nc1.[Ir]. The van der Waals surface area contributed by atoms with Crippen molar-refractivity contribution in [2.45, 2.75) is 13.8 Å². The summed E-state index contributed by atoms with van der Waals surface area (Å²) in [5, 5.41) is 2.44. The standard InChI is InChI=1S/C24H19NOP.C12H10N.Ir/c1-19-15-16-24(25-18-19)20-9-8-14-23(17-20)27(26,21-10-4-2-5-11-21)22-12-6-3-7-13-22;1-10-7-8-12(13-9-10)11-5-3-2-4-6-11;/h2-8,10-18H,1H3;2-5,7-9H,1H3;/q2*-1;/i;1D3;. The number of aromatic nitrogens is 2. The van der Waals surface area contributed by atoms with E-state index in [1.807, 2.05) is 122 Å². The van der Waals surface area contributed by atoms with Crippen LogP contribution in [-0.4, -0.2) is 9.97 Å². The Bertz CT molecular complexity index is 1770. The Morgan fingerprint density at radius 3 is 1.71 bits per heavy atom. The fourth-order valence-corrected chi connectivity index (χ4v) is 6.93. The largest absolute Gasteiger partial charge is 0.310 e. The molecule has 41 heavy (non-hydrogen) atoms. The second kappa shape index (κ2) is 14.1. The molecule has 0 saturated carbocycles. The van der Waals surface area contributed by atoms with E-state index in [0.717, 1.165) is 44.0 Å². The van der Waals surface area contributed by atoms with Crippen LogP contribution in [0.3, 0.4) is 0 Å². The summed E-state index contributed by atoms with van der Waals surface area (Å²) < 4.78 is 36.1. The molecule has 0 fully saturated rings. The van der Waals surface area contributed by atoms with Crippen LogP contribution in [0.4, 0.5) is 0 Å². The van der Waals surface area contributed by atoms with Crippen molar-refractivity contribution in [1.29, 1.82) is 0 Å². The first-order valence-electron chi connectivity index (χ1n) is 14.4. The van der Waals surface area contributed by atoms with Crippen LogP contribution in [0.1, 0.15) is 15.2 Å². The van der Waals surface area contributed by atoms with Crippen molar-refractivity contribution in [1.82, 2.24) is 9.97 Å². The molecule has 0 N–H and O–H groups in total. The van der Waals surface area contributed by atoms with Gasteiger partial charge < -0.3 is 14.5 Å². The molecule has 205 valence electrons. The molecule has 0 aliphatic carbocycles. The molecular formula is C36H29IrN2OP-2. The van der Waals surface area contributed by atoms with Gasteiger partial charge in [0, 0.05) is 47.2 Å². The molecule has 0 atom stereocenters. The summed E-state index contributed by atoms with van der Waals surface area (Å²) in [6.07, 6.45) is 3.23. The van der Waals surface area contributed by atoms with E-state index < -0.39 is 14.0 Å². The van der Waals surface area contributed by atoms with E-state index in [-0.39, 0.29) is 25.7 Å². The summed E-state index contributed by atoms with van der Waals surface area (Å²) in [7, 11) is -2.98. The van der Waals surface area contributed by atoms with Crippen LogP contribution in [0, 0.1) is 25.9 Å². The van der Waals surface area contributed by atoms with Gasteiger partial charge in [0.1, 0.15) is 0 Å². The van der Waals surface area contributed by atoms with Gasteiger partial charge in [0.25, 0.3) is 0 Å². The van der Waals surface area contributed by atoms with Gasteiger partial charge in [0.2, 0.25) is 0 Å².